The molecule has 3 nitrogen and oxygen atoms in total. The van der Waals surface area contributed by atoms with E-state index in [1.54, 1.807) is 12.2 Å². The summed E-state index contributed by atoms with van der Waals surface area (Å²) in [6.45, 7) is 2.04. The molecule has 0 unspecified atom stereocenters. The van der Waals surface area contributed by atoms with Crippen molar-refractivity contribution in [1.29, 1.82) is 0 Å². The van der Waals surface area contributed by atoms with Crippen molar-refractivity contribution >= 4 is 39.9 Å². The van der Waals surface area contributed by atoms with E-state index in [0.29, 0.717) is 11.6 Å². The van der Waals surface area contributed by atoms with Crippen LogP contribution in [0.3, 0.4) is 0 Å². The lowest BCUT2D eigenvalue weighted by molar-refractivity contribution is -0.129. The monoisotopic (exact) mass is 367 g/mol. The molecular formula is C19H14BrNO2. The molecule has 0 radical (unpaired) electrons. The van der Waals surface area contributed by atoms with Crippen LogP contribution in [0.1, 0.15) is 16.7 Å². The number of carbonyl (C=O) groups excluding carboxylic acids is 1. The van der Waals surface area contributed by atoms with Crippen LogP contribution in [0.2, 0.25) is 0 Å². The number of rotatable bonds is 3. The maximum Gasteiger partial charge on any atom is 0.363 e. The molecule has 0 bridgehead atoms. The fraction of sp³-hybridized carbons (Fsp3) is 0.0526. The second kappa shape index (κ2) is 6.75. The standard InChI is InChI=1S/C19H14BrNO2/c1-13-2-4-14(5-3-13)8-11-18-21-17(19(22)23-18)12-15-6-9-16(20)10-7-15/h2-12H,1H3. The fourth-order valence-electron chi connectivity index (χ4n) is 2.06. The highest BCUT2D eigenvalue weighted by atomic mass is 79.9. The second-order valence-electron chi connectivity index (χ2n) is 5.16. The van der Waals surface area contributed by atoms with E-state index in [9.17, 15) is 4.79 Å². The van der Waals surface area contributed by atoms with Crippen molar-refractivity contribution in [2.45, 2.75) is 6.92 Å². The number of cyclic esters (lactones) is 1. The number of carbonyl (C=O) groups is 1. The third-order valence-electron chi connectivity index (χ3n) is 3.31. The quantitative estimate of drug-likeness (QED) is 0.578. The normalized spacial score (nSPS) is 16.0. The van der Waals surface area contributed by atoms with Crippen molar-refractivity contribution in [3.05, 3.63) is 81.5 Å². The molecule has 2 aromatic carbocycles. The van der Waals surface area contributed by atoms with Crippen LogP contribution in [0.25, 0.3) is 12.2 Å². The first-order valence-corrected chi connectivity index (χ1v) is 7.92. The maximum absolute atomic E-state index is 11.9. The van der Waals surface area contributed by atoms with Crippen molar-refractivity contribution in [2.75, 3.05) is 0 Å². The molecule has 114 valence electrons. The summed E-state index contributed by atoms with van der Waals surface area (Å²) in [6, 6.07) is 15.7. The Bertz CT molecular complexity index is 815. The topological polar surface area (TPSA) is 38.7 Å². The van der Waals surface area contributed by atoms with E-state index >= 15 is 0 Å². The van der Waals surface area contributed by atoms with Gasteiger partial charge in [-0.3, -0.25) is 0 Å². The SMILES string of the molecule is Cc1ccc(C=CC2=NC(=Cc3ccc(Br)cc3)C(=O)O2)cc1. The second-order valence-corrected chi connectivity index (χ2v) is 6.08. The van der Waals surface area contributed by atoms with Gasteiger partial charge >= 0.3 is 5.97 Å². The Morgan fingerprint density at radius 2 is 1.61 bits per heavy atom. The average molecular weight is 368 g/mol. The molecule has 0 atom stereocenters. The third-order valence-corrected chi connectivity index (χ3v) is 3.83. The zero-order valence-corrected chi connectivity index (χ0v) is 14.1. The Kier molecular flexibility index (Phi) is 4.53. The minimum Gasteiger partial charge on any atom is -0.403 e. The van der Waals surface area contributed by atoms with Gasteiger partial charge in [0, 0.05) is 10.5 Å². The summed E-state index contributed by atoms with van der Waals surface area (Å²) < 4.78 is 6.15. The molecule has 0 fully saturated rings. The summed E-state index contributed by atoms with van der Waals surface area (Å²) in [5.74, 6) is -0.129. The molecular weight excluding hydrogens is 354 g/mol. The van der Waals surface area contributed by atoms with Gasteiger partial charge in [-0.2, -0.15) is 0 Å². The zero-order valence-electron chi connectivity index (χ0n) is 12.5. The van der Waals surface area contributed by atoms with E-state index < -0.39 is 5.97 Å². The molecule has 1 aliphatic heterocycles. The Morgan fingerprint density at radius 3 is 2.30 bits per heavy atom. The van der Waals surface area contributed by atoms with E-state index in [0.717, 1.165) is 15.6 Å². The van der Waals surface area contributed by atoms with Crippen LogP contribution in [0.15, 0.2) is 69.8 Å². The van der Waals surface area contributed by atoms with Crippen LogP contribution in [0.5, 0.6) is 0 Å². The Labute approximate surface area is 143 Å². The van der Waals surface area contributed by atoms with Gasteiger partial charge in [0.15, 0.2) is 5.70 Å². The van der Waals surface area contributed by atoms with Crippen molar-refractivity contribution in [1.82, 2.24) is 0 Å². The van der Waals surface area contributed by atoms with Crippen LogP contribution in [0.4, 0.5) is 0 Å². The molecule has 3 rings (SSSR count). The number of benzene rings is 2. The van der Waals surface area contributed by atoms with Crippen LogP contribution in [0, 0.1) is 6.92 Å². The highest BCUT2D eigenvalue weighted by Gasteiger charge is 2.20. The lowest BCUT2D eigenvalue weighted by Gasteiger charge is -1.95. The third kappa shape index (κ3) is 4.05. The van der Waals surface area contributed by atoms with E-state index in [1.807, 2.05) is 61.5 Å². The number of hydrogen-bond acceptors (Lipinski definition) is 3. The van der Waals surface area contributed by atoms with Crippen molar-refractivity contribution in [3.8, 4) is 0 Å². The fourth-order valence-corrected chi connectivity index (χ4v) is 2.32. The Hall–Kier alpha value is -2.46. The lowest BCUT2D eigenvalue weighted by atomic mass is 10.1. The largest absolute Gasteiger partial charge is 0.403 e. The first-order chi connectivity index (χ1) is 11.1. The number of nitrogens with zero attached hydrogens (tertiary/aromatic N) is 1. The highest BCUT2D eigenvalue weighted by molar-refractivity contribution is 9.10. The molecule has 0 saturated heterocycles. The van der Waals surface area contributed by atoms with Gasteiger partial charge in [-0.05, 0) is 42.3 Å². The van der Waals surface area contributed by atoms with Crippen molar-refractivity contribution in [3.63, 3.8) is 0 Å². The minimum atomic E-state index is -0.434. The molecule has 1 heterocycles. The molecule has 0 aliphatic carbocycles. The van der Waals surface area contributed by atoms with Crippen LogP contribution >= 0.6 is 15.9 Å². The summed E-state index contributed by atoms with van der Waals surface area (Å²) in [5.41, 5.74) is 3.43. The maximum atomic E-state index is 11.9. The molecule has 0 N–H and O–H groups in total. The summed E-state index contributed by atoms with van der Waals surface area (Å²) in [7, 11) is 0. The number of aryl methyl sites for hydroxylation is 1. The van der Waals surface area contributed by atoms with Crippen molar-refractivity contribution in [2.24, 2.45) is 4.99 Å². The number of esters is 1. The molecule has 23 heavy (non-hydrogen) atoms. The zero-order chi connectivity index (χ0) is 16.2. The van der Waals surface area contributed by atoms with Crippen molar-refractivity contribution < 1.29 is 9.53 Å². The molecule has 2 aromatic rings. The number of ether oxygens (including phenoxy) is 1. The first-order valence-electron chi connectivity index (χ1n) is 7.13. The molecule has 4 heteroatoms. The predicted octanol–water partition coefficient (Wildman–Crippen LogP) is 4.77. The number of halogens is 1. The first kappa shape index (κ1) is 15.4. The average Bonchev–Trinajstić information content (AvgIpc) is 2.89. The summed E-state index contributed by atoms with van der Waals surface area (Å²) >= 11 is 3.38. The van der Waals surface area contributed by atoms with E-state index in [-0.39, 0.29) is 0 Å². The summed E-state index contributed by atoms with van der Waals surface area (Å²) in [5, 5.41) is 0. The predicted molar refractivity (Wildman–Crippen MR) is 95.9 cm³/mol. The van der Waals surface area contributed by atoms with Gasteiger partial charge in [0.05, 0.1) is 0 Å². The van der Waals surface area contributed by atoms with Crippen LogP contribution in [-0.2, 0) is 9.53 Å². The molecule has 0 spiro atoms. The van der Waals surface area contributed by atoms with E-state index in [1.165, 1.54) is 5.56 Å². The Morgan fingerprint density at radius 1 is 0.957 bits per heavy atom. The number of hydrogen-bond donors (Lipinski definition) is 0. The summed E-state index contributed by atoms with van der Waals surface area (Å²) in [6.07, 6.45) is 5.28. The van der Waals surface area contributed by atoms with Gasteiger partial charge in [0.25, 0.3) is 0 Å². The van der Waals surface area contributed by atoms with E-state index in [2.05, 4.69) is 20.9 Å². The van der Waals surface area contributed by atoms with Gasteiger partial charge in [0.1, 0.15) is 0 Å². The van der Waals surface area contributed by atoms with Gasteiger partial charge in [-0.1, -0.05) is 57.9 Å². The molecule has 0 amide bonds. The summed E-state index contributed by atoms with van der Waals surface area (Å²) in [4.78, 5) is 16.1. The molecule has 1 aliphatic rings. The van der Waals surface area contributed by atoms with Gasteiger partial charge in [-0.15, -0.1) is 0 Å². The van der Waals surface area contributed by atoms with Crippen LogP contribution in [-0.4, -0.2) is 11.9 Å². The van der Waals surface area contributed by atoms with Gasteiger partial charge in [0.2, 0.25) is 5.90 Å². The number of aliphatic imine (C=N–C) groups is 1. The highest BCUT2D eigenvalue weighted by Crippen LogP contribution is 2.18. The molecule has 0 aromatic heterocycles. The van der Waals surface area contributed by atoms with Gasteiger partial charge in [-0.25, -0.2) is 9.79 Å². The smallest absolute Gasteiger partial charge is 0.363 e. The lowest BCUT2D eigenvalue weighted by Crippen LogP contribution is -2.01. The van der Waals surface area contributed by atoms with Crippen LogP contribution < -0.4 is 0 Å². The van der Waals surface area contributed by atoms with Gasteiger partial charge < -0.3 is 4.74 Å². The molecule has 0 saturated carbocycles. The Balaban J connectivity index is 1.78. The minimum absolute atomic E-state index is 0.302. The van der Waals surface area contributed by atoms with E-state index in [4.69, 9.17) is 4.74 Å².